The molecule has 0 aliphatic heterocycles. The molecule has 0 saturated heterocycles. The molecule has 0 bridgehead atoms. The fraction of sp³-hybridized carbons (Fsp3) is 0.231. The molecule has 2 aromatic rings. The van der Waals surface area contributed by atoms with Crippen molar-refractivity contribution < 1.29 is 19.7 Å². The SMILES string of the molecule is COC(=O)CCc1csc(-c2ccc(O)c(O)c2)n1. The predicted octanol–water partition coefficient (Wildman–Crippen LogP) is 2.33. The molecule has 6 heteroatoms. The number of methoxy groups -OCH3 is 1. The smallest absolute Gasteiger partial charge is 0.305 e. The van der Waals surface area contributed by atoms with Crippen LogP contribution in [0.15, 0.2) is 23.6 Å². The monoisotopic (exact) mass is 279 g/mol. The van der Waals surface area contributed by atoms with Crippen LogP contribution in [-0.2, 0) is 16.0 Å². The number of phenols is 2. The molecule has 1 heterocycles. The Labute approximate surface area is 114 Å². The number of hydrogen-bond acceptors (Lipinski definition) is 6. The molecule has 0 atom stereocenters. The van der Waals surface area contributed by atoms with Gasteiger partial charge in [0, 0.05) is 17.4 Å². The summed E-state index contributed by atoms with van der Waals surface area (Å²) in [4.78, 5) is 15.4. The largest absolute Gasteiger partial charge is 0.504 e. The second-order valence-electron chi connectivity index (χ2n) is 3.92. The second-order valence-corrected chi connectivity index (χ2v) is 4.78. The minimum Gasteiger partial charge on any atom is -0.504 e. The van der Waals surface area contributed by atoms with Gasteiger partial charge in [-0.25, -0.2) is 4.98 Å². The van der Waals surface area contributed by atoms with Gasteiger partial charge >= 0.3 is 5.97 Å². The molecule has 2 N–H and O–H groups in total. The van der Waals surface area contributed by atoms with Crippen LogP contribution < -0.4 is 0 Å². The fourth-order valence-electron chi connectivity index (χ4n) is 1.54. The molecule has 0 saturated carbocycles. The third-order valence-corrected chi connectivity index (χ3v) is 3.53. The van der Waals surface area contributed by atoms with Crippen LogP contribution in [0.3, 0.4) is 0 Å². The first-order valence-electron chi connectivity index (χ1n) is 5.63. The van der Waals surface area contributed by atoms with E-state index in [2.05, 4.69) is 9.72 Å². The summed E-state index contributed by atoms with van der Waals surface area (Å²) in [5, 5.41) is 21.3. The number of phenolic OH excluding ortho intramolecular Hbond substituents is 2. The van der Waals surface area contributed by atoms with Crippen LogP contribution in [0.1, 0.15) is 12.1 Å². The number of thiazole rings is 1. The summed E-state index contributed by atoms with van der Waals surface area (Å²) < 4.78 is 4.57. The summed E-state index contributed by atoms with van der Waals surface area (Å²) >= 11 is 1.42. The van der Waals surface area contributed by atoms with Crippen LogP contribution in [0.5, 0.6) is 11.5 Å². The number of esters is 1. The molecule has 0 aliphatic rings. The van der Waals surface area contributed by atoms with Gasteiger partial charge in [-0.15, -0.1) is 11.3 Å². The molecule has 0 aliphatic carbocycles. The first-order valence-corrected chi connectivity index (χ1v) is 6.51. The molecular formula is C13H13NO4S. The average molecular weight is 279 g/mol. The van der Waals surface area contributed by atoms with Gasteiger partial charge in [0.1, 0.15) is 5.01 Å². The van der Waals surface area contributed by atoms with E-state index in [4.69, 9.17) is 0 Å². The van der Waals surface area contributed by atoms with Crippen molar-refractivity contribution in [3.63, 3.8) is 0 Å². The Balaban J connectivity index is 2.12. The highest BCUT2D eigenvalue weighted by atomic mass is 32.1. The average Bonchev–Trinajstić information content (AvgIpc) is 2.88. The Morgan fingerprint density at radius 3 is 2.84 bits per heavy atom. The Morgan fingerprint density at radius 1 is 1.37 bits per heavy atom. The molecule has 19 heavy (non-hydrogen) atoms. The normalized spacial score (nSPS) is 10.4. The van der Waals surface area contributed by atoms with Gasteiger partial charge in [0.05, 0.1) is 19.2 Å². The van der Waals surface area contributed by atoms with Gasteiger partial charge in [0.25, 0.3) is 0 Å². The summed E-state index contributed by atoms with van der Waals surface area (Å²) in [6.07, 6.45) is 0.813. The first kappa shape index (κ1) is 13.4. The van der Waals surface area contributed by atoms with E-state index in [1.54, 1.807) is 6.07 Å². The topological polar surface area (TPSA) is 79.7 Å². The van der Waals surface area contributed by atoms with Crippen molar-refractivity contribution in [2.24, 2.45) is 0 Å². The highest BCUT2D eigenvalue weighted by Crippen LogP contribution is 2.32. The van der Waals surface area contributed by atoms with Crippen molar-refractivity contribution in [1.29, 1.82) is 0 Å². The number of carbonyl (C=O) groups excluding carboxylic acids is 1. The molecule has 1 aromatic heterocycles. The lowest BCUT2D eigenvalue weighted by Crippen LogP contribution is -2.01. The van der Waals surface area contributed by atoms with Gasteiger partial charge in [-0.05, 0) is 18.2 Å². The van der Waals surface area contributed by atoms with Gasteiger partial charge < -0.3 is 14.9 Å². The zero-order valence-electron chi connectivity index (χ0n) is 10.3. The van der Waals surface area contributed by atoms with E-state index in [0.29, 0.717) is 12.8 Å². The Morgan fingerprint density at radius 2 is 2.16 bits per heavy atom. The summed E-state index contributed by atoms with van der Waals surface area (Å²) in [7, 11) is 1.36. The molecule has 0 fully saturated rings. The Kier molecular flexibility index (Phi) is 4.01. The van der Waals surface area contributed by atoms with Crippen LogP contribution in [0.25, 0.3) is 10.6 Å². The molecule has 1 aromatic carbocycles. The number of hydrogen-bond donors (Lipinski definition) is 2. The molecule has 0 unspecified atom stereocenters. The maximum absolute atomic E-state index is 11.0. The number of aromatic nitrogens is 1. The molecule has 0 amide bonds. The molecular weight excluding hydrogens is 266 g/mol. The minimum atomic E-state index is -0.267. The lowest BCUT2D eigenvalue weighted by molar-refractivity contribution is -0.140. The van der Waals surface area contributed by atoms with Crippen molar-refractivity contribution in [1.82, 2.24) is 4.98 Å². The number of aromatic hydroxyl groups is 2. The molecule has 0 spiro atoms. The summed E-state index contributed by atoms with van der Waals surface area (Å²) in [6, 6.07) is 4.55. The zero-order valence-corrected chi connectivity index (χ0v) is 11.1. The standard InChI is InChI=1S/C13H13NO4S/c1-18-12(17)5-3-9-7-19-13(14-9)8-2-4-10(15)11(16)6-8/h2,4,6-7,15-16H,3,5H2,1H3. The van der Waals surface area contributed by atoms with Crippen LogP contribution >= 0.6 is 11.3 Å². The van der Waals surface area contributed by atoms with Gasteiger partial charge in [0.2, 0.25) is 0 Å². The highest BCUT2D eigenvalue weighted by molar-refractivity contribution is 7.13. The zero-order chi connectivity index (χ0) is 13.8. The van der Waals surface area contributed by atoms with Gasteiger partial charge in [-0.3, -0.25) is 4.79 Å². The number of nitrogens with zero attached hydrogens (tertiary/aromatic N) is 1. The second kappa shape index (κ2) is 5.71. The van der Waals surface area contributed by atoms with E-state index in [1.165, 1.54) is 30.6 Å². The van der Waals surface area contributed by atoms with Crippen LogP contribution in [-0.4, -0.2) is 28.3 Å². The Hall–Kier alpha value is -2.08. The predicted molar refractivity (Wildman–Crippen MR) is 71.2 cm³/mol. The number of rotatable bonds is 4. The van der Waals surface area contributed by atoms with Crippen LogP contribution in [0, 0.1) is 0 Å². The molecule has 100 valence electrons. The lowest BCUT2D eigenvalue weighted by Gasteiger charge is -2.00. The molecule has 0 radical (unpaired) electrons. The van der Waals surface area contributed by atoms with Crippen LogP contribution in [0.2, 0.25) is 0 Å². The summed E-state index contributed by atoms with van der Waals surface area (Å²) in [5.74, 6) is -0.605. The summed E-state index contributed by atoms with van der Waals surface area (Å²) in [5.41, 5.74) is 1.53. The maximum atomic E-state index is 11.0. The van der Waals surface area contributed by atoms with E-state index in [9.17, 15) is 15.0 Å². The van der Waals surface area contributed by atoms with Crippen molar-refractivity contribution in [3.8, 4) is 22.1 Å². The van der Waals surface area contributed by atoms with E-state index in [1.807, 2.05) is 5.38 Å². The number of carbonyl (C=O) groups is 1. The van der Waals surface area contributed by atoms with Gasteiger partial charge in [0.15, 0.2) is 11.5 Å². The van der Waals surface area contributed by atoms with Crippen molar-refractivity contribution in [3.05, 3.63) is 29.3 Å². The number of benzene rings is 1. The van der Waals surface area contributed by atoms with Crippen molar-refractivity contribution >= 4 is 17.3 Å². The van der Waals surface area contributed by atoms with Gasteiger partial charge in [-0.1, -0.05) is 0 Å². The first-order chi connectivity index (χ1) is 9.10. The Bertz CT molecular complexity index is 594. The van der Waals surface area contributed by atoms with Crippen molar-refractivity contribution in [2.75, 3.05) is 7.11 Å². The maximum Gasteiger partial charge on any atom is 0.305 e. The van der Waals surface area contributed by atoms with E-state index in [-0.39, 0.29) is 17.5 Å². The van der Waals surface area contributed by atoms with Crippen LogP contribution in [0.4, 0.5) is 0 Å². The fourth-order valence-corrected chi connectivity index (χ4v) is 2.39. The van der Waals surface area contributed by atoms with E-state index < -0.39 is 0 Å². The number of aryl methyl sites for hydroxylation is 1. The quantitative estimate of drug-likeness (QED) is 0.663. The van der Waals surface area contributed by atoms with E-state index >= 15 is 0 Å². The summed E-state index contributed by atoms with van der Waals surface area (Å²) in [6.45, 7) is 0. The highest BCUT2D eigenvalue weighted by Gasteiger charge is 2.09. The number of ether oxygens (including phenoxy) is 1. The lowest BCUT2D eigenvalue weighted by atomic mass is 10.2. The van der Waals surface area contributed by atoms with E-state index in [0.717, 1.165) is 16.3 Å². The third-order valence-electron chi connectivity index (χ3n) is 2.59. The molecule has 2 rings (SSSR count). The van der Waals surface area contributed by atoms with Crippen molar-refractivity contribution in [2.45, 2.75) is 12.8 Å². The van der Waals surface area contributed by atoms with Gasteiger partial charge in [-0.2, -0.15) is 0 Å². The minimum absolute atomic E-state index is 0.161. The molecule has 5 nitrogen and oxygen atoms in total. The third kappa shape index (κ3) is 3.23.